The minimum Gasteiger partial charge on any atom is -0.143 e. The largest absolute Gasteiger partial charge is 0.147 e. The van der Waals surface area contributed by atoms with Gasteiger partial charge in [0.1, 0.15) is 10.0 Å². The van der Waals surface area contributed by atoms with Crippen molar-refractivity contribution in [2.75, 3.05) is 0 Å². The van der Waals surface area contributed by atoms with E-state index in [1.807, 2.05) is 0 Å². The molecule has 3 aromatic rings. The van der Waals surface area contributed by atoms with Gasteiger partial charge in [0, 0.05) is 12.0 Å². The van der Waals surface area contributed by atoms with Gasteiger partial charge in [0.25, 0.3) is 0 Å². The quantitative estimate of drug-likeness (QED) is 0.696. The van der Waals surface area contributed by atoms with Crippen molar-refractivity contribution in [3.63, 3.8) is 0 Å². The number of benzene rings is 2. The first kappa shape index (κ1) is 11.4. The number of aryl methyl sites for hydroxylation is 1. The summed E-state index contributed by atoms with van der Waals surface area (Å²) in [6.45, 7) is 2.16. The Balaban J connectivity index is 2.02. The van der Waals surface area contributed by atoms with Gasteiger partial charge in [-0.1, -0.05) is 54.7 Å². The average Bonchev–Trinajstić information content (AvgIpc) is 2.87. The van der Waals surface area contributed by atoms with Crippen LogP contribution in [0.3, 0.4) is 0 Å². The van der Waals surface area contributed by atoms with Crippen LogP contribution in [-0.2, 0) is 6.42 Å². The lowest BCUT2D eigenvalue weighted by Gasteiger charge is -1.99. The van der Waals surface area contributed by atoms with Crippen molar-refractivity contribution >= 4 is 22.1 Å². The summed E-state index contributed by atoms with van der Waals surface area (Å²) in [5.74, 6) is 0. The summed E-state index contributed by atoms with van der Waals surface area (Å²) in [6, 6.07) is 14.8. The molecule has 0 radical (unpaired) electrons. The second kappa shape index (κ2) is 4.86. The SMILES string of the molecule is CCCc1nnc(-c2ccc3ccccc3c2)s1. The Morgan fingerprint density at radius 1 is 1.00 bits per heavy atom. The topological polar surface area (TPSA) is 25.8 Å². The van der Waals surface area contributed by atoms with Gasteiger partial charge in [-0.25, -0.2) is 0 Å². The fourth-order valence-corrected chi connectivity index (χ4v) is 2.94. The van der Waals surface area contributed by atoms with Gasteiger partial charge >= 0.3 is 0 Å². The zero-order valence-corrected chi connectivity index (χ0v) is 11.1. The molecule has 0 spiro atoms. The Morgan fingerprint density at radius 2 is 1.83 bits per heavy atom. The highest BCUT2D eigenvalue weighted by Crippen LogP contribution is 2.27. The Bertz CT molecular complexity index is 673. The molecule has 0 unspecified atom stereocenters. The summed E-state index contributed by atoms with van der Waals surface area (Å²) in [6.07, 6.45) is 2.14. The van der Waals surface area contributed by atoms with Crippen LogP contribution < -0.4 is 0 Å². The number of aromatic nitrogens is 2. The van der Waals surface area contributed by atoms with Crippen LogP contribution in [0.15, 0.2) is 42.5 Å². The molecule has 0 bridgehead atoms. The third-order valence-electron chi connectivity index (χ3n) is 2.93. The van der Waals surface area contributed by atoms with Crippen molar-refractivity contribution in [3.8, 4) is 10.6 Å². The molecule has 2 aromatic carbocycles. The van der Waals surface area contributed by atoms with Gasteiger partial charge in [-0.3, -0.25) is 0 Å². The molecule has 18 heavy (non-hydrogen) atoms. The third kappa shape index (κ3) is 2.14. The van der Waals surface area contributed by atoms with Crippen LogP contribution in [0.4, 0.5) is 0 Å². The van der Waals surface area contributed by atoms with Crippen LogP contribution in [0.2, 0.25) is 0 Å². The smallest absolute Gasteiger partial charge is 0.143 e. The number of fused-ring (bicyclic) bond motifs is 1. The molecular formula is C15H14N2S. The van der Waals surface area contributed by atoms with Crippen LogP contribution in [0.25, 0.3) is 21.3 Å². The van der Waals surface area contributed by atoms with Gasteiger partial charge in [-0.05, 0) is 23.3 Å². The highest BCUT2D eigenvalue weighted by atomic mass is 32.1. The van der Waals surface area contributed by atoms with Crippen molar-refractivity contribution < 1.29 is 0 Å². The minimum absolute atomic E-state index is 1.02. The number of hydrogen-bond donors (Lipinski definition) is 0. The molecule has 3 rings (SSSR count). The van der Waals surface area contributed by atoms with E-state index in [9.17, 15) is 0 Å². The fourth-order valence-electron chi connectivity index (χ4n) is 2.01. The van der Waals surface area contributed by atoms with Crippen LogP contribution >= 0.6 is 11.3 Å². The van der Waals surface area contributed by atoms with E-state index in [0.717, 1.165) is 28.4 Å². The van der Waals surface area contributed by atoms with E-state index in [2.05, 4.69) is 59.6 Å². The van der Waals surface area contributed by atoms with Crippen molar-refractivity contribution in [1.82, 2.24) is 10.2 Å². The first-order valence-electron chi connectivity index (χ1n) is 6.18. The average molecular weight is 254 g/mol. The van der Waals surface area contributed by atoms with Gasteiger partial charge in [-0.2, -0.15) is 0 Å². The molecule has 0 fully saturated rings. The molecule has 1 heterocycles. The van der Waals surface area contributed by atoms with E-state index in [1.54, 1.807) is 11.3 Å². The summed E-state index contributed by atoms with van der Waals surface area (Å²) in [5.41, 5.74) is 1.16. The summed E-state index contributed by atoms with van der Waals surface area (Å²) in [4.78, 5) is 0. The normalized spacial score (nSPS) is 10.9. The summed E-state index contributed by atoms with van der Waals surface area (Å²) >= 11 is 1.70. The Morgan fingerprint density at radius 3 is 2.67 bits per heavy atom. The second-order valence-corrected chi connectivity index (χ2v) is 5.37. The van der Waals surface area contributed by atoms with Crippen LogP contribution in [0.5, 0.6) is 0 Å². The van der Waals surface area contributed by atoms with Crippen molar-refractivity contribution in [1.29, 1.82) is 0 Å². The Labute approximate surface area is 110 Å². The summed E-state index contributed by atoms with van der Waals surface area (Å²) in [7, 11) is 0. The minimum atomic E-state index is 1.02. The lowest BCUT2D eigenvalue weighted by atomic mass is 10.1. The van der Waals surface area contributed by atoms with E-state index in [4.69, 9.17) is 0 Å². The van der Waals surface area contributed by atoms with Crippen LogP contribution in [0, 0.1) is 0 Å². The molecule has 90 valence electrons. The van der Waals surface area contributed by atoms with Gasteiger partial charge < -0.3 is 0 Å². The molecule has 1 aromatic heterocycles. The lowest BCUT2D eigenvalue weighted by molar-refractivity contribution is 0.879. The predicted octanol–water partition coefficient (Wildman–Crippen LogP) is 4.31. The van der Waals surface area contributed by atoms with E-state index in [1.165, 1.54) is 10.8 Å². The van der Waals surface area contributed by atoms with Gasteiger partial charge in [0.05, 0.1) is 0 Å². The van der Waals surface area contributed by atoms with E-state index < -0.39 is 0 Å². The highest BCUT2D eigenvalue weighted by molar-refractivity contribution is 7.14. The lowest BCUT2D eigenvalue weighted by Crippen LogP contribution is -1.80. The predicted molar refractivity (Wildman–Crippen MR) is 76.8 cm³/mol. The molecule has 0 atom stereocenters. The Kier molecular flexibility index (Phi) is 3.07. The molecule has 0 aliphatic rings. The summed E-state index contributed by atoms with van der Waals surface area (Å²) in [5, 5.41) is 13.2. The molecule has 0 saturated heterocycles. The zero-order chi connectivity index (χ0) is 12.4. The highest BCUT2D eigenvalue weighted by Gasteiger charge is 2.06. The zero-order valence-electron chi connectivity index (χ0n) is 10.3. The Hall–Kier alpha value is -1.74. The second-order valence-electron chi connectivity index (χ2n) is 4.31. The maximum absolute atomic E-state index is 4.28. The van der Waals surface area contributed by atoms with Crippen LogP contribution in [-0.4, -0.2) is 10.2 Å². The molecule has 0 amide bonds. The monoisotopic (exact) mass is 254 g/mol. The first-order chi connectivity index (χ1) is 8.86. The van der Waals surface area contributed by atoms with Crippen molar-refractivity contribution in [2.45, 2.75) is 19.8 Å². The molecular weight excluding hydrogens is 240 g/mol. The molecule has 0 saturated carbocycles. The molecule has 3 heteroatoms. The maximum Gasteiger partial charge on any atom is 0.147 e. The van der Waals surface area contributed by atoms with Crippen LogP contribution in [0.1, 0.15) is 18.4 Å². The van der Waals surface area contributed by atoms with Crippen molar-refractivity contribution in [2.24, 2.45) is 0 Å². The number of hydrogen-bond acceptors (Lipinski definition) is 3. The first-order valence-corrected chi connectivity index (χ1v) is 7.00. The van der Waals surface area contributed by atoms with E-state index >= 15 is 0 Å². The summed E-state index contributed by atoms with van der Waals surface area (Å²) < 4.78 is 0. The van der Waals surface area contributed by atoms with E-state index in [0.29, 0.717) is 0 Å². The fraction of sp³-hybridized carbons (Fsp3) is 0.200. The molecule has 0 N–H and O–H groups in total. The maximum atomic E-state index is 4.28. The van der Waals surface area contributed by atoms with Gasteiger partial charge in [0.2, 0.25) is 0 Å². The standard InChI is InChI=1S/C15H14N2S/c1-2-5-14-16-17-15(18-14)13-9-8-11-6-3-4-7-12(11)10-13/h3-4,6-10H,2,5H2,1H3. The van der Waals surface area contributed by atoms with E-state index in [-0.39, 0.29) is 0 Å². The molecule has 2 nitrogen and oxygen atoms in total. The molecule has 0 aliphatic carbocycles. The number of nitrogens with zero attached hydrogens (tertiary/aromatic N) is 2. The third-order valence-corrected chi connectivity index (χ3v) is 3.96. The van der Waals surface area contributed by atoms with Gasteiger partial charge in [0.15, 0.2) is 0 Å². The number of rotatable bonds is 3. The molecule has 0 aliphatic heterocycles. The van der Waals surface area contributed by atoms with Gasteiger partial charge in [-0.15, -0.1) is 10.2 Å². The van der Waals surface area contributed by atoms with Crippen molar-refractivity contribution in [3.05, 3.63) is 47.5 Å².